The summed E-state index contributed by atoms with van der Waals surface area (Å²) >= 11 is 6.13. The summed E-state index contributed by atoms with van der Waals surface area (Å²) in [5.74, 6) is -0.482. The van der Waals surface area contributed by atoms with Gasteiger partial charge in [-0.25, -0.2) is 4.79 Å². The Hall–Kier alpha value is -1.75. The fraction of sp³-hybridized carbons (Fsp3) is 0.529. The van der Waals surface area contributed by atoms with Gasteiger partial charge in [-0.2, -0.15) is 0 Å². The lowest BCUT2D eigenvalue weighted by atomic mass is 9.91. The maximum atomic E-state index is 11.9. The van der Waals surface area contributed by atoms with E-state index in [0.29, 0.717) is 16.6 Å². The average molecular weight is 340 g/mol. The SMILES string of the molecule is CC(C)(C)OC(=O)Nc1cc(C(CC(=O)O)C2CC2)ccc1Cl. The third-order valence-electron chi connectivity index (χ3n) is 3.64. The van der Waals surface area contributed by atoms with Gasteiger partial charge in [0.25, 0.3) is 0 Å². The van der Waals surface area contributed by atoms with Crippen molar-refractivity contribution < 1.29 is 19.4 Å². The van der Waals surface area contributed by atoms with Crippen molar-refractivity contribution in [2.45, 2.75) is 51.6 Å². The van der Waals surface area contributed by atoms with Crippen molar-refractivity contribution in [3.63, 3.8) is 0 Å². The van der Waals surface area contributed by atoms with E-state index in [1.54, 1.807) is 32.9 Å². The number of carbonyl (C=O) groups is 2. The molecule has 0 aliphatic heterocycles. The topological polar surface area (TPSA) is 75.6 Å². The number of amides is 1. The molecule has 23 heavy (non-hydrogen) atoms. The van der Waals surface area contributed by atoms with Crippen molar-refractivity contribution in [1.29, 1.82) is 0 Å². The minimum absolute atomic E-state index is 0.0519. The van der Waals surface area contributed by atoms with Crippen molar-refractivity contribution >= 4 is 29.4 Å². The number of rotatable bonds is 5. The van der Waals surface area contributed by atoms with Gasteiger partial charge in [0.1, 0.15) is 5.60 Å². The number of carboxylic acid groups (broad SMARTS) is 1. The van der Waals surface area contributed by atoms with Crippen LogP contribution in [0.1, 0.15) is 51.5 Å². The first-order valence-electron chi connectivity index (χ1n) is 7.67. The van der Waals surface area contributed by atoms with Gasteiger partial charge >= 0.3 is 12.1 Å². The molecule has 0 radical (unpaired) electrons. The molecule has 2 rings (SSSR count). The largest absolute Gasteiger partial charge is 0.481 e. The van der Waals surface area contributed by atoms with Gasteiger partial charge in [0, 0.05) is 0 Å². The summed E-state index contributed by atoms with van der Waals surface area (Å²) < 4.78 is 5.22. The standard InChI is InChI=1S/C17H22ClNO4/c1-17(2,3)23-16(22)19-14-8-11(6-7-13(14)18)12(9-15(20)21)10-4-5-10/h6-8,10,12H,4-5,9H2,1-3H3,(H,19,22)(H,20,21). The third-order valence-corrected chi connectivity index (χ3v) is 3.97. The summed E-state index contributed by atoms with van der Waals surface area (Å²) in [5, 5.41) is 12.1. The number of halogens is 1. The normalized spacial score (nSPS) is 15.8. The molecule has 1 amide bonds. The van der Waals surface area contributed by atoms with Crippen LogP contribution < -0.4 is 5.32 Å². The molecule has 1 unspecified atom stereocenters. The highest BCUT2D eigenvalue weighted by Gasteiger charge is 2.34. The Bertz CT molecular complexity index is 605. The molecular weight excluding hydrogens is 318 g/mol. The highest BCUT2D eigenvalue weighted by molar-refractivity contribution is 6.33. The van der Waals surface area contributed by atoms with Crippen molar-refractivity contribution in [2.24, 2.45) is 5.92 Å². The van der Waals surface area contributed by atoms with Crippen LogP contribution in [-0.4, -0.2) is 22.8 Å². The van der Waals surface area contributed by atoms with Crippen LogP contribution in [-0.2, 0) is 9.53 Å². The van der Waals surface area contributed by atoms with Gasteiger partial charge in [-0.05, 0) is 63.1 Å². The molecule has 1 aliphatic carbocycles. The van der Waals surface area contributed by atoms with Crippen molar-refractivity contribution in [2.75, 3.05) is 5.32 Å². The van der Waals surface area contributed by atoms with E-state index in [0.717, 1.165) is 18.4 Å². The Morgan fingerprint density at radius 1 is 1.39 bits per heavy atom. The molecule has 0 aromatic heterocycles. The Labute approximate surface area is 141 Å². The van der Waals surface area contributed by atoms with E-state index >= 15 is 0 Å². The fourth-order valence-corrected chi connectivity index (χ4v) is 2.69. The highest BCUT2D eigenvalue weighted by atomic mass is 35.5. The Morgan fingerprint density at radius 3 is 2.57 bits per heavy atom. The first kappa shape index (κ1) is 17.6. The van der Waals surface area contributed by atoms with E-state index in [1.807, 2.05) is 6.07 Å². The zero-order chi connectivity index (χ0) is 17.2. The van der Waals surface area contributed by atoms with Crippen LogP contribution in [0.15, 0.2) is 18.2 Å². The number of nitrogens with one attached hydrogen (secondary N) is 1. The molecule has 0 heterocycles. The summed E-state index contributed by atoms with van der Waals surface area (Å²) in [4.78, 5) is 23.0. The van der Waals surface area contributed by atoms with Crippen LogP contribution in [0.25, 0.3) is 0 Å². The van der Waals surface area contributed by atoms with Crippen LogP contribution >= 0.6 is 11.6 Å². The maximum absolute atomic E-state index is 11.9. The fourth-order valence-electron chi connectivity index (χ4n) is 2.53. The van der Waals surface area contributed by atoms with E-state index in [9.17, 15) is 9.59 Å². The highest BCUT2D eigenvalue weighted by Crippen LogP contribution is 2.45. The molecule has 1 fully saturated rings. The van der Waals surface area contributed by atoms with Gasteiger partial charge in [0.15, 0.2) is 0 Å². The summed E-state index contributed by atoms with van der Waals surface area (Å²) in [6.45, 7) is 5.34. The van der Waals surface area contributed by atoms with Gasteiger partial charge in [0.2, 0.25) is 0 Å². The molecule has 0 spiro atoms. The number of carbonyl (C=O) groups excluding carboxylic acids is 1. The summed E-state index contributed by atoms with van der Waals surface area (Å²) in [6.07, 6.45) is 1.57. The van der Waals surface area contributed by atoms with Crippen LogP contribution in [0.3, 0.4) is 0 Å². The van der Waals surface area contributed by atoms with Crippen LogP contribution in [0.4, 0.5) is 10.5 Å². The second kappa shape index (κ2) is 6.79. The monoisotopic (exact) mass is 339 g/mol. The average Bonchev–Trinajstić information content (AvgIpc) is 3.20. The number of carboxylic acids is 1. The lowest BCUT2D eigenvalue weighted by Gasteiger charge is -2.21. The minimum Gasteiger partial charge on any atom is -0.481 e. The minimum atomic E-state index is -0.821. The van der Waals surface area contributed by atoms with Gasteiger partial charge in [-0.1, -0.05) is 17.7 Å². The molecule has 0 saturated heterocycles. The first-order chi connectivity index (χ1) is 10.7. The lowest BCUT2D eigenvalue weighted by molar-refractivity contribution is -0.137. The number of hydrogen-bond acceptors (Lipinski definition) is 3. The summed E-state index contributed by atoms with van der Waals surface area (Å²) in [7, 11) is 0. The van der Waals surface area contributed by atoms with Gasteiger partial charge in [0.05, 0.1) is 17.1 Å². The van der Waals surface area contributed by atoms with E-state index in [4.69, 9.17) is 21.4 Å². The molecule has 1 atom stereocenters. The molecule has 126 valence electrons. The molecule has 1 aromatic rings. The number of ether oxygens (including phenoxy) is 1. The Balaban J connectivity index is 2.17. The van der Waals surface area contributed by atoms with Crippen LogP contribution in [0.5, 0.6) is 0 Å². The molecule has 6 heteroatoms. The van der Waals surface area contributed by atoms with Crippen molar-refractivity contribution in [3.05, 3.63) is 28.8 Å². The second-order valence-electron chi connectivity index (χ2n) is 6.91. The summed E-state index contributed by atoms with van der Waals surface area (Å²) in [5.41, 5.74) is 0.716. The molecule has 1 saturated carbocycles. The quantitative estimate of drug-likeness (QED) is 0.818. The van der Waals surface area contributed by atoms with Crippen molar-refractivity contribution in [3.8, 4) is 0 Å². The molecule has 1 aromatic carbocycles. The second-order valence-corrected chi connectivity index (χ2v) is 7.32. The van der Waals surface area contributed by atoms with Crippen LogP contribution in [0, 0.1) is 5.92 Å². The summed E-state index contributed by atoms with van der Waals surface area (Å²) in [6, 6.07) is 5.26. The predicted molar refractivity (Wildman–Crippen MR) is 89.0 cm³/mol. The lowest BCUT2D eigenvalue weighted by Crippen LogP contribution is -2.27. The number of anilines is 1. The number of hydrogen-bond donors (Lipinski definition) is 2. The van der Waals surface area contributed by atoms with E-state index in [2.05, 4.69) is 5.32 Å². The first-order valence-corrected chi connectivity index (χ1v) is 8.05. The maximum Gasteiger partial charge on any atom is 0.412 e. The third kappa shape index (κ3) is 5.43. The van der Waals surface area contributed by atoms with E-state index < -0.39 is 17.7 Å². The van der Waals surface area contributed by atoms with E-state index in [1.165, 1.54) is 0 Å². The van der Waals surface area contributed by atoms with Gasteiger partial charge in [-0.15, -0.1) is 0 Å². The van der Waals surface area contributed by atoms with E-state index in [-0.39, 0.29) is 12.3 Å². The number of aliphatic carboxylic acids is 1. The molecule has 2 N–H and O–H groups in total. The number of benzene rings is 1. The molecule has 5 nitrogen and oxygen atoms in total. The zero-order valence-corrected chi connectivity index (χ0v) is 14.3. The van der Waals surface area contributed by atoms with Gasteiger partial charge < -0.3 is 9.84 Å². The van der Waals surface area contributed by atoms with Crippen LogP contribution in [0.2, 0.25) is 5.02 Å². The molecular formula is C17H22ClNO4. The van der Waals surface area contributed by atoms with Crippen molar-refractivity contribution in [1.82, 2.24) is 0 Å². The zero-order valence-electron chi connectivity index (χ0n) is 13.6. The predicted octanol–water partition coefficient (Wildman–Crippen LogP) is 4.66. The Kier molecular flexibility index (Phi) is 5.19. The van der Waals surface area contributed by atoms with Gasteiger partial charge in [-0.3, -0.25) is 10.1 Å². The Morgan fingerprint density at radius 2 is 2.04 bits per heavy atom. The smallest absolute Gasteiger partial charge is 0.412 e. The molecule has 0 bridgehead atoms. The molecule has 1 aliphatic rings.